The minimum atomic E-state index is -0.404. The van der Waals surface area contributed by atoms with Crippen molar-refractivity contribution in [2.24, 2.45) is 0 Å². The van der Waals surface area contributed by atoms with Crippen LogP contribution in [0.15, 0.2) is 12.1 Å². The molecule has 68 valence electrons. The van der Waals surface area contributed by atoms with Crippen molar-refractivity contribution >= 4 is 11.6 Å². The Labute approximate surface area is 81.8 Å². The molecular weight excluding hydrogens is 189 g/mol. The highest BCUT2D eigenvalue weighted by Gasteiger charge is 2.12. The molecule has 13 heavy (non-hydrogen) atoms. The van der Waals surface area contributed by atoms with E-state index in [1.54, 1.807) is 0 Å². The first-order valence-electron chi connectivity index (χ1n) is 3.95. The molecule has 1 aromatic rings. The molecule has 1 nitrogen and oxygen atoms in total. The lowest BCUT2D eigenvalue weighted by Gasteiger charge is -2.09. The van der Waals surface area contributed by atoms with Crippen molar-refractivity contribution < 1.29 is 4.39 Å². The van der Waals surface area contributed by atoms with Gasteiger partial charge in [0.15, 0.2) is 0 Å². The van der Waals surface area contributed by atoms with Crippen molar-refractivity contribution in [1.82, 2.24) is 0 Å². The van der Waals surface area contributed by atoms with E-state index in [0.717, 1.165) is 0 Å². The topological polar surface area (TPSA) is 23.8 Å². The molecule has 0 bridgehead atoms. The largest absolute Gasteiger partial charge is 0.207 e. The second-order valence-corrected chi connectivity index (χ2v) is 3.53. The smallest absolute Gasteiger partial charge is 0.129 e. The summed E-state index contributed by atoms with van der Waals surface area (Å²) in [6, 6.07) is 4.55. The van der Waals surface area contributed by atoms with Gasteiger partial charge >= 0.3 is 0 Å². The molecule has 0 spiro atoms. The molecule has 0 aliphatic carbocycles. The zero-order valence-corrected chi connectivity index (χ0v) is 8.19. The van der Waals surface area contributed by atoms with Crippen LogP contribution in [0, 0.1) is 17.1 Å². The minimum absolute atomic E-state index is 0.0280. The van der Waals surface area contributed by atoms with Crippen LogP contribution in [0.5, 0.6) is 0 Å². The summed E-state index contributed by atoms with van der Waals surface area (Å²) >= 11 is 5.82. The standard InChI is InChI=1S/C10H9ClFN/c1-6(2)10-8(11)3-7(5-13)4-9(10)12/h3-4,6H,1-2H3. The maximum Gasteiger partial charge on any atom is 0.129 e. The van der Waals surface area contributed by atoms with Gasteiger partial charge in [0, 0.05) is 10.6 Å². The van der Waals surface area contributed by atoms with E-state index in [0.29, 0.717) is 10.6 Å². The van der Waals surface area contributed by atoms with Gasteiger partial charge in [-0.2, -0.15) is 5.26 Å². The fourth-order valence-corrected chi connectivity index (χ4v) is 1.63. The van der Waals surface area contributed by atoms with E-state index in [2.05, 4.69) is 0 Å². The Morgan fingerprint density at radius 2 is 2.08 bits per heavy atom. The molecule has 0 saturated heterocycles. The third-order valence-corrected chi connectivity index (χ3v) is 2.10. The van der Waals surface area contributed by atoms with Crippen molar-refractivity contribution in [2.75, 3.05) is 0 Å². The summed E-state index contributed by atoms with van der Waals surface area (Å²) in [6.45, 7) is 3.71. The Morgan fingerprint density at radius 1 is 1.46 bits per heavy atom. The number of hydrogen-bond donors (Lipinski definition) is 0. The molecule has 1 rings (SSSR count). The number of nitriles is 1. The molecule has 0 radical (unpaired) electrons. The highest BCUT2D eigenvalue weighted by molar-refractivity contribution is 6.31. The van der Waals surface area contributed by atoms with E-state index in [9.17, 15) is 4.39 Å². The van der Waals surface area contributed by atoms with Gasteiger partial charge < -0.3 is 0 Å². The highest BCUT2D eigenvalue weighted by atomic mass is 35.5. The lowest BCUT2D eigenvalue weighted by Crippen LogP contribution is -1.95. The fourth-order valence-electron chi connectivity index (χ4n) is 1.20. The van der Waals surface area contributed by atoms with Gasteiger partial charge in [0.1, 0.15) is 5.82 Å². The van der Waals surface area contributed by atoms with Gasteiger partial charge in [-0.3, -0.25) is 0 Å². The molecule has 0 aromatic heterocycles. The van der Waals surface area contributed by atoms with Gasteiger partial charge in [0.25, 0.3) is 0 Å². The van der Waals surface area contributed by atoms with Crippen LogP contribution in [0.1, 0.15) is 30.9 Å². The molecule has 3 heteroatoms. The van der Waals surface area contributed by atoms with E-state index in [-0.39, 0.29) is 11.5 Å². The molecule has 0 fully saturated rings. The lowest BCUT2D eigenvalue weighted by molar-refractivity contribution is 0.598. The molecule has 0 saturated carbocycles. The monoisotopic (exact) mass is 197 g/mol. The molecule has 0 N–H and O–H groups in total. The Bertz CT molecular complexity index is 343. The minimum Gasteiger partial charge on any atom is -0.207 e. The van der Waals surface area contributed by atoms with Gasteiger partial charge in [-0.05, 0) is 18.1 Å². The van der Waals surface area contributed by atoms with E-state index in [1.807, 2.05) is 19.9 Å². The van der Waals surface area contributed by atoms with Gasteiger partial charge in [0.2, 0.25) is 0 Å². The van der Waals surface area contributed by atoms with Crippen LogP contribution in [0.3, 0.4) is 0 Å². The van der Waals surface area contributed by atoms with Crippen LogP contribution in [0.4, 0.5) is 4.39 Å². The summed E-state index contributed by atoms with van der Waals surface area (Å²) in [4.78, 5) is 0. The Morgan fingerprint density at radius 3 is 2.46 bits per heavy atom. The van der Waals surface area contributed by atoms with Gasteiger partial charge in [-0.25, -0.2) is 4.39 Å². The van der Waals surface area contributed by atoms with Crippen LogP contribution in [-0.2, 0) is 0 Å². The number of benzene rings is 1. The molecule has 0 atom stereocenters. The Hall–Kier alpha value is -1.07. The maximum absolute atomic E-state index is 13.3. The van der Waals surface area contributed by atoms with Crippen LogP contribution in [0.25, 0.3) is 0 Å². The van der Waals surface area contributed by atoms with E-state index in [4.69, 9.17) is 16.9 Å². The molecular formula is C10H9ClFN. The van der Waals surface area contributed by atoms with Crippen molar-refractivity contribution in [1.29, 1.82) is 5.26 Å². The molecule has 0 amide bonds. The number of halogens is 2. The van der Waals surface area contributed by atoms with Gasteiger partial charge in [0.05, 0.1) is 11.6 Å². The molecule has 0 aliphatic rings. The van der Waals surface area contributed by atoms with Gasteiger partial charge in [-0.1, -0.05) is 25.4 Å². The Kier molecular flexibility index (Phi) is 2.90. The van der Waals surface area contributed by atoms with Crippen molar-refractivity contribution in [3.8, 4) is 6.07 Å². The van der Waals surface area contributed by atoms with Crippen molar-refractivity contribution in [3.05, 3.63) is 34.1 Å². The summed E-state index contributed by atoms with van der Waals surface area (Å²) in [5.41, 5.74) is 0.729. The zero-order chi connectivity index (χ0) is 10.0. The third-order valence-electron chi connectivity index (χ3n) is 1.79. The highest BCUT2D eigenvalue weighted by Crippen LogP contribution is 2.27. The second-order valence-electron chi connectivity index (χ2n) is 3.12. The average Bonchev–Trinajstić information content (AvgIpc) is 2.02. The molecule has 0 aliphatic heterocycles. The number of nitrogens with zero attached hydrogens (tertiary/aromatic N) is 1. The fraction of sp³-hybridized carbons (Fsp3) is 0.300. The summed E-state index contributed by atoms with van der Waals surface area (Å²) < 4.78 is 13.3. The molecule has 1 aromatic carbocycles. The molecule has 0 unspecified atom stereocenters. The predicted octanol–water partition coefficient (Wildman–Crippen LogP) is 3.47. The number of rotatable bonds is 1. The van der Waals surface area contributed by atoms with Crippen LogP contribution < -0.4 is 0 Å². The number of hydrogen-bond acceptors (Lipinski definition) is 1. The quantitative estimate of drug-likeness (QED) is 0.676. The predicted molar refractivity (Wildman–Crippen MR) is 50.2 cm³/mol. The first-order valence-corrected chi connectivity index (χ1v) is 4.33. The van der Waals surface area contributed by atoms with E-state index < -0.39 is 5.82 Å². The lowest BCUT2D eigenvalue weighted by atomic mass is 10.0. The SMILES string of the molecule is CC(C)c1c(F)cc(C#N)cc1Cl. The third kappa shape index (κ3) is 1.99. The summed E-state index contributed by atoms with van der Waals surface area (Å²) in [5.74, 6) is -0.376. The van der Waals surface area contributed by atoms with E-state index >= 15 is 0 Å². The van der Waals surface area contributed by atoms with Crippen LogP contribution in [-0.4, -0.2) is 0 Å². The summed E-state index contributed by atoms with van der Waals surface area (Å²) in [6.07, 6.45) is 0. The first-order chi connectivity index (χ1) is 6.06. The van der Waals surface area contributed by atoms with Crippen LogP contribution >= 0.6 is 11.6 Å². The maximum atomic E-state index is 13.3. The summed E-state index contributed by atoms with van der Waals surface area (Å²) in [7, 11) is 0. The van der Waals surface area contributed by atoms with Gasteiger partial charge in [-0.15, -0.1) is 0 Å². The van der Waals surface area contributed by atoms with Crippen molar-refractivity contribution in [2.45, 2.75) is 19.8 Å². The summed E-state index contributed by atoms with van der Waals surface area (Å²) in [5, 5.41) is 8.87. The second kappa shape index (κ2) is 3.76. The zero-order valence-electron chi connectivity index (χ0n) is 7.44. The Balaban J connectivity index is 3.33. The average molecular weight is 198 g/mol. The molecule has 0 heterocycles. The normalized spacial score (nSPS) is 10.2. The van der Waals surface area contributed by atoms with Crippen LogP contribution in [0.2, 0.25) is 5.02 Å². The van der Waals surface area contributed by atoms with E-state index in [1.165, 1.54) is 12.1 Å². The first kappa shape index (κ1) is 10.0. The van der Waals surface area contributed by atoms with Crippen molar-refractivity contribution in [3.63, 3.8) is 0 Å².